The van der Waals surface area contributed by atoms with Gasteiger partial charge in [0, 0.05) is 27.1 Å². The Balaban J connectivity index is 3.17. The Morgan fingerprint density at radius 2 is 2.05 bits per heavy atom. The largest absolute Gasteiger partial charge is 0.480 e. The number of anilines is 1. The van der Waals surface area contributed by atoms with Crippen LogP contribution in [-0.4, -0.2) is 64.2 Å². The molecule has 1 rings (SSSR count). The van der Waals surface area contributed by atoms with Crippen LogP contribution in [0.5, 0.6) is 0 Å². The summed E-state index contributed by atoms with van der Waals surface area (Å²) in [5.74, 6) is -0.675. The van der Waals surface area contributed by atoms with Crippen LogP contribution >= 0.6 is 0 Å². The third kappa shape index (κ3) is 3.67. The molecular formula is C11H19N5O4. The maximum atomic E-state index is 11.1. The van der Waals surface area contributed by atoms with Crippen LogP contribution in [0.2, 0.25) is 0 Å². The Labute approximate surface area is 116 Å². The summed E-state index contributed by atoms with van der Waals surface area (Å²) in [4.78, 5) is 28.7. The minimum atomic E-state index is -1.04. The molecule has 0 aliphatic carbocycles. The number of aromatic nitrogens is 2. The number of nitrogens with zero attached hydrogens (tertiary/aromatic N) is 5. The zero-order valence-electron chi connectivity index (χ0n) is 12.0. The van der Waals surface area contributed by atoms with Crippen molar-refractivity contribution in [3.63, 3.8) is 0 Å². The highest BCUT2D eigenvalue weighted by Gasteiger charge is 2.29. The molecule has 20 heavy (non-hydrogen) atoms. The molecule has 9 heteroatoms. The van der Waals surface area contributed by atoms with Crippen molar-refractivity contribution in [2.75, 3.05) is 38.6 Å². The maximum Gasteiger partial charge on any atom is 0.406 e. The molecule has 0 fully saturated rings. The van der Waals surface area contributed by atoms with Gasteiger partial charge in [0.15, 0.2) is 0 Å². The molecule has 1 heterocycles. The number of imidazole rings is 1. The predicted octanol–water partition coefficient (Wildman–Crippen LogP) is 0.0893. The number of likely N-dealkylation sites (N-methyl/N-ethyl adjacent to an activating group) is 1. The van der Waals surface area contributed by atoms with Crippen LogP contribution in [0.15, 0.2) is 0 Å². The molecule has 0 aliphatic rings. The summed E-state index contributed by atoms with van der Waals surface area (Å²) in [5, 5.41) is 20.0. The molecule has 0 saturated carbocycles. The Morgan fingerprint density at radius 1 is 1.45 bits per heavy atom. The van der Waals surface area contributed by atoms with E-state index in [1.807, 2.05) is 19.0 Å². The lowest BCUT2D eigenvalue weighted by atomic mass is 10.4. The lowest BCUT2D eigenvalue weighted by Gasteiger charge is -2.23. The first-order valence-electron chi connectivity index (χ1n) is 6.03. The summed E-state index contributed by atoms with van der Waals surface area (Å²) in [5.41, 5.74) is 0. The Kier molecular flexibility index (Phi) is 5.03. The van der Waals surface area contributed by atoms with Crippen LogP contribution in [0.1, 0.15) is 5.82 Å². The van der Waals surface area contributed by atoms with Gasteiger partial charge in [0.05, 0.1) is 0 Å². The molecule has 0 saturated heterocycles. The molecular weight excluding hydrogens is 266 g/mol. The van der Waals surface area contributed by atoms with Crippen molar-refractivity contribution in [1.29, 1.82) is 0 Å². The van der Waals surface area contributed by atoms with Gasteiger partial charge in [-0.05, 0) is 24.0 Å². The average molecular weight is 285 g/mol. The van der Waals surface area contributed by atoms with E-state index in [1.54, 1.807) is 14.0 Å². The lowest BCUT2D eigenvalue weighted by molar-refractivity contribution is -0.388. The number of aliphatic carboxylic acids is 1. The van der Waals surface area contributed by atoms with Crippen LogP contribution < -0.4 is 4.90 Å². The number of hydrogen-bond acceptors (Lipinski definition) is 6. The summed E-state index contributed by atoms with van der Waals surface area (Å²) >= 11 is 0. The molecule has 0 spiro atoms. The zero-order chi connectivity index (χ0) is 15.4. The third-order valence-electron chi connectivity index (χ3n) is 2.89. The number of carbonyl (C=O) groups is 1. The Morgan fingerprint density at radius 3 is 2.50 bits per heavy atom. The van der Waals surface area contributed by atoms with Gasteiger partial charge in [0.2, 0.25) is 11.6 Å². The molecule has 1 N–H and O–H groups in total. The van der Waals surface area contributed by atoms with Crippen molar-refractivity contribution in [3.05, 3.63) is 15.9 Å². The van der Waals surface area contributed by atoms with E-state index in [4.69, 9.17) is 5.11 Å². The molecule has 1 aromatic rings. The molecule has 1 aromatic heterocycles. The first-order valence-corrected chi connectivity index (χ1v) is 6.03. The summed E-state index contributed by atoms with van der Waals surface area (Å²) in [6, 6.07) is 0. The van der Waals surface area contributed by atoms with Crippen molar-refractivity contribution in [1.82, 2.24) is 14.5 Å². The standard InChI is InChI=1S/C11H19N5O4/c1-8-12-10(16(19)20)11(14(8)4)15(7-9(17)18)6-5-13(2)3/h5-7H2,1-4H3,(H,17,18). The molecule has 0 atom stereocenters. The van der Waals surface area contributed by atoms with Crippen molar-refractivity contribution < 1.29 is 14.8 Å². The number of hydrogen-bond donors (Lipinski definition) is 1. The van der Waals surface area contributed by atoms with Gasteiger partial charge in [-0.25, -0.2) is 0 Å². The van der Waals surface area contributed by atoms with Crippen LogP contribution in [0.25, 0.3) is 0 Å². The Hall–Kier alpha value is -2.16. The number of carboxylic acids is 1. The SMILES string of the molecule is Cc1nc([N+](=O)[O-])c(N(CCN(C)C)CC(=O)O)n1C. The van der Waals surface area contributed by atoms with E-state index >= 15 is 0 Å². The van der Waals surface area contributed by atoms with Gasteiger partial charge in [0.1, 0.15) is 6.54 Å². The molecule has 0 radical (unpaired) electrons. The second-order valence-corrected chi connectivity index (χ2v) is 4.74. The Bertz CT molecular complexity index is 511. The number of rotatable bonds is 7. The highest BCUT2D eigenvalue weighted by molar-refractivity contribution is 5.74. The molecule has 0 aromatic carbocycles. The monoisotopic (exact) mass is 285 g/mol. The third-order valence-corrected chi connectivity index (χ3v) is 2.89. The van der Waals surface area contributed by atoms with E-state index in [0.717, 1.165) is 0 Å². The highest BCUT2D eigenvalue weighted by atomic mass is 16.6. The summed E-state index contributed by atoms with van der Waals surface area (Å²) < 4.78 is 1.54. The lowest BCUT2D eigenvalue weighted by Crippen LogP contribution is -2.37. The molecule has 0 unspecified atom stereocenters. The number of aryl methyl sites for hydroxylation is 1. The summed E-state index contributed by atoms with van der Waals surface area (Å²) in [7, 11) is 5.33. The normalized spacial score (nSPS) is 10.8. The predicted molar refractivity (Wildman–Crippen MR) is 73.0 cm³/mol. The highest BCUT2D eigenvalue weighted by Crippen LogP contribution is 2.27. The maximum absolute atomic E-state index is 11.1. The van der Waals surface area contributed by atoms with Crippen LogP contribution in [0.3, 0.4) is 0 Å². The minimum absolute atomic E-state index is 0.219. The fourth-order valence-electron chi connectivity index (χ4n) is 1.80. The number of nitro groups is 1. The van der Waals surface area contributed by atoms with Gasteiger partial charge >= 0.3 is 11.8 Å². The summed E-state index contributed by atoms with van der Waals surface area (Å²) in [6.45, 7) is 2.27. The molecule has 112 valence electrons. The topological polar surface area (TPSA) is 105 Å². The minimum Gasteiger partial charge on any atom is -0.480 e. The summed E-state index contributed by atoms with van der Waals surface area (Å²) in [6.07, 6.45) is 0. The van der Waals surface area contributed by atoms with Gasteiger partial charge in [-0.2, -0.15) is 0 Å². The van der Waals surface area contributed by atoms with Gasteiger partial charge in [-0.3, -0.25) is 9.36 Å². The van der Waals surface area contributed by atoms with E-state index in [2.05, 4.69) is 4.98 Å². The molecule has 0 aliphatic heterocycles. The first-order chi connectivity index (χ1) is 9.23. The number of carboxylic acid groups (broad SMARTS) is 1. The average Bonchev–Trinajstić information content (AvgIpc) is 2.61. The van der Waals surface area contributed by atoms with Gasteiger partial charge < -0.3 is 25.0 Å². The van der Waals surface area contributed by atoms with Crippen LogP contribution in [0, 0.1) is 17.0 Å². The van der Waals surface area contributed by atoms with Gasteiger partial charge in [0.25, 0.3) is 0 Å². The van der Waals surface area contributed by atoms with E-state index in [9.17, 15) is 14.9 Å². The van der Waals surface area contributed by atoms with Crippen LogP contribution in [0.4, 0.5) is 11.6 Å². The quantitative estimate of drug-likeness (QED) is 0.559. The second-order valence-electron chi connectivity index (χ2n) is 4.74. The molecule has 0 amide bonds. The van der Waals surface area contributed by atoms with Crippen molar-refractivity contribution >= 4 is 17.6 Å². The van der Waals surface area contributed by atoms with Crippen molar-refractivity contribution in [2.45, 2.75) is 6.92 Å². The second kappa shape index (κ2) is 6.33. The fourth-order valence-corrected chi connectivity index (χ4v) is 1.80. The zero-order valence-corrected chi connectivity index (χ0v) is 12.0. The fraction of sp³-hybridized carbons (Fsp3) is 0.636. The van der Waals surface area contributed by atoms with Crippen LogP contribution in [-0.2, 0) is 11.8 Å². The van der Waals surface area contributed by atoms with Crippen molar-refractivity contribution in [3.8, 4) is 0 Å². The van der Waals surface area contributed by atoms with E-state index in [-0.39, 0.29) is 18.2 Å². The van der Waals surface area contributed by atoms with Crippen molar-refractivity contribution in [2.24, 2.45) is 7.05 Å². The van der Waals surface area contributed by atoms with E-state index in [0.29, 0.717) is 18.9 Å². The van der Waals surface area contributed by atoms with E-state index in [1.165, 1.54) is 9.47 Å². The molecule has 0 bridgehead atoms. The first kappa shape index (κ1) is 15.9. The smallest absolute Gasteiger partial charge is 0.406 e. The van der Waals surface area contributed by atoms with Gasteiger partial charge in [-0.1, -0.05) is 0 Å². The molecule has 9 nitrogen and oxygen atoms in total. The van der Waals surface area contributed by atoms with Gasteiger partial charge in [-0.15, -0.1) is 0 Å². The van der Waals surface area contributed by atoms with E-state index < -0.39 is 10.9 Å².